The van der Waals surface area contributed by atoms with Gasteiger partial charge in [-0.3, -0.25) is 4.79 Å². The lowest BCUT2D eigenvalue weighted by atomic mass is 10.1. The summed E-state index contributed by atoms with van der Waals surface area (Å²) in [7, 11) is 0. The predicted octanol–water partition coefficient (Wildman–Crippen LogP) is 4.72. The van der Waals surface area contributed by atoms with Crippen LogP contribution < -0.4 is 14.8 Å². The van der Waals surface area contributed by atoms with Gasteiger partial charge in [-0.15, -0.1) is 0 Å². The molecule has 5 nitrogen and oxygen atoms in total. The van der Waals surface area contributed by atoms with Crippen LogP contribution in [-0.2, 0) is 11.3 Å². The number of hydrogen-bond donors (Lipinski definition) is 1. The van der Waals surface area contributed by atoms with Gasteiger partial charge in [-0.25, -0.2) is 4.98 Å². The molecule has 3 aromatic carbocycles. The molecule has 1 N–H and O–H groups in total. The highest BCUT2D eigenvalue weighted by Gasteiger charge is 2.05. The Hall–Kier alpha value is -3.86. The largest absolute Gasteiger partial charge is 0.484 e. The zero-order chi connectivity index (χ0) is 19.9. The highest BCUT2D eigenvalue weighted by atomic mass is 16.5. The topological polar surface area (TPSA) is 60.5 Å². The Labute approximate surface area is 168 Å². The van der Waals surface area contributed by atoms with E-state index in [0.717, 1.165) is 22.1 Å². The second-order valence-electron chi connectivity index (χ2n) is 6.49. The summed E-state index contributed by atoms with van der Waals surface area (Å²) in [4.78, 5) is 16.3. The molecule has 5 heteroatoms. The van der Waals surface area contributed by atoms with Gasteiger partial charge in [0, 0.05) is 18.8 Å². The number of nitrogens with one attached hydrogen (secondary N) is 1. The van der Waals surface area contributed by atoms with Gasteiger partial charge in [-0.1, -0.05) is 54.6 Å². The van der Waals surface area contributed by atoms with Gasteiger partial charge in [0.25, 0.3) is 5.91 Å². The van der Waals surface area contributed by atoms with Crippen molar-refractivity contribution in [2.45, 2.75) is 6.54 Å². The van der Waals surface area contributed by atoms with Gasteiger partial charge >= 0.3 is 0 Å². The van der Waals surface area contributed by atoms with Gasteiger partial charge in [0.1, 0.15) is 11.5 Å². The Bertz CT molecular complexity index is 1100. The summed E-state index contributed by atoms with van der Waals surface area (Å²) in [6.45, 7) is 0.333. The molecule has 144 valence electrons. The van der Waals surface area contributed by atoms with E-state index in [4.69, 9.17) is 9.47 Å². The molecule has 0 spiro atoms. The number of para-hydroxylation sites is 1. The molecule has 4 rings (SSSR count). The van der Waals surface area contributed by atoms with E-state index in [1.54, 1.807) is 12.3 Å². The maximum Gasteiger partial charge on any atom is 0.258 e. The lowest BCUT2D eigenvalue weighted by Crippen LogP contribution is -2.28. The van der Waals surface area contributed by atoms with Crippen molar-refractivity contribution in [2.24, 2.45) is 0 Å². The van der Waals surface area contributed by atoms with Crippen molar-refractivity contribution >= 4 is 16.7 Å². The van der Waals surface area contributed by atoms with E-state index in [-0.39, 0.29) is 12.5 Å². The first-order chi connectivity index (χ1) is 14.3. The molecule has 0 radical (unpaired) electrons. The first-order valence-corrected chi connectivity index (χ1v) is 9.32. The van der Waals surface area contributed by atoms with Gasteiger partial charge in [0.05, 0.1) is 0 Å². The third-order valence-electron chi connectivity index (χ3n) is 4.34. The van der Waals surface area contributed by atoms with Gasteiger partial charge in [-0.2, -0.15) is 0 Å². The van der Waals surface area contributed by atoms with E-state index >= 15 is 0 Å². The van der Waals surface area contributed by atoms with Crippen LogP contribution in [0.15, 0.2) is 91.1 Å². The van der Waals surface area contributed by atoms with E-state index in [2.05, 4.69) is 10.3 Å². The summed E-state index contributed by atoms with van der Waals surface area (Å²) in [5, 5.41) is 5.04. The molecule has 0 saturated carbocycles. The molecule has 0 saturated heterocycles. The van der Waals surface area contributed by atoms with Crippen LogP contribution in [0.1, 0.15) is 5.56 Å². The summed E-state index contributed by atoms with van der Waals surface area (Å²) in [5.41, 5.74) is 0.879. The summed E-state index contributed by atoms with van der Waals surface area (Å²) in [6.07, 6.45) is 1.68. The number of carbonyl (C=O) groups is 1. The molecule has 0 aliphatic heterocycles. The van der Waals surface area contributed by atoms with Crippen LogP contribution in [0.3, 0.4) is 0 Å². The van der Waals surface area contributed by atoms with Crippen molar-refractivity contribution < 1.29 is 14.3 Å². The van der Waals surface area contributed by atoms with E-state index in [1.807, 2.05) is 78.9 Å². The third kappa shape index (κ3) is 5.11. The lowest BCUT2D eigenvalue weighted by molar-refractivity contribution is -0.123. The Balaban J connectivity index is 1.25. The quantitative estimate of drug-likeness (QED) is 0.501. The number of nitrogens with zero attached hydrogens (tertiary/aromatic N) is 1. The van der Waals surface area contributed by atoms with Gasteiger partial charge in [0.15, 0.2) is 6.61 Å². The van der Waals surface area contributed by atoms with E-state index in [0.29, 0.717) is 18.2 Å². The number of fused-ring (bicyclic) bond motifs is 1. The van der Waals surface area contributed by atoms with Crippen LogP contribution in [0.2, 0.25) is 0 Å². The molecule has 0 aliphatic carbocycles. The summed E-state index contributed by atoms with van der Waals surface area (Å²) in [5.74, 6) is 1.71. The molecule has 1 heterocycles. The van der Waals surface area contributed by atoms with Crippen LogP contribution in [0, 0.1) is 0 Å². The molecule has 1 aromatic heterocycles. The zero-order valence-corrected chi connectivity index (χ0v) is 15.7. The number of pyridine rings is 1. The number of carbonyl (C=O) groups excluding carboxylic acids is 1. The predicted molar refractivity (Wildman–Crippen MR) is 112 cm³/mol. The number of ether oxygens (including phenoxy) is 2. The summed E-state index contributed by atoms with van der Waals surface area (Å²) < 4.78 is 11.3. The summed E-state index contributed by atoms with van der Waals surface area (Å²) in [6, 6.07) is 26.9. The standard InChI is InChI=1S/C24H20N2O3/c27-23(17-28-22-12-11-19-6-4-5-7-20(19)14-22)25-15-18-10-13-24(26-16-18)29-21-8-2-1-3-9-21/h1-14,16H,15,17H2,(H,25,27). The van der Waals surface area contributed by atoms with Crippen LogP contribution in [-0.4, -0.2) is 17.5 Å². The SMILES string of the molecule is O=C(COc1ccc2ccccc2c1)NCc1ccc(Oc2ccccc2)nc1. The number of aromatic nitrogens is 1. The molecule has 0 unspecified atom stereocenters. The molecule has 0 fully saturated rings. The number of amides is 1. The van der Waals surface area contributed by atoms with Crippen molar-refractivity contribution in [3.05, 3.63) is 96.7 Å². The molecule has 4 aromatic rings. The van der Waals surface area contributed by atoms with Crippen molar-refractivity contribution in [1.29, 1.82) is 0 Å². The Morgan fingerprint density at radius 2 is 1.62 bits per heavy atom. The fraction of sp³-hybridized carbons (Fsp3) is 0.0833. The smallest absolute Gasteiger partial charge is 0.258 e. The van der Waals surface area contributed by atoms with Crippen LogP contribution in [0.25, 0.3) is 10.8 Å². The Morgan fingerprint density at radius 3 is 2.41 bits per heavy atom. The minimum Gasteiger partial charge on any atom is -0.484 e. The minimum atomic E-state index is -0.192. The van der Waals surface area contributed by atoms with Gasteiger partial charge in [0.2, 0.25) is 5.88 Å². The van der Waals surface area contributed by atoms with E-state index in [9.17, 15) is 4.79 Å². The normalized spacial score (nSPS) is 10.5. The van der Waals surface area contributed by atoms with Crippen LogP contribution >= 0.6 is 0 Å². The molecule has 0 atom stereocenters. The molecule has 29 heavy (non-hydrogen) atoms. The fourth-order valence-corrected chi connectivity index (χ4v) is 2.84. The first kappa shape index (κ1) is 18.5. The number of benzene rings is 3. The van der Waals surface area contributed by atoms with E-state index < -0.39 is 0 Å². The lowest BCUT2D eigenvalue weighted by Gasteiger charge is -2.09. The fourth-order valence-electron chi connectivity index (χ4n) is 2.84. The highest BCUT2D eigenvalue weighted by Crippen LogP contribution is 2.20. The maximum atomic E-state index is 12.1. The second-order valence-corrected chi connectivity index (χ2v) is 6.49. The molecular weight excluding hydrogens is 364 g/mol. The average Bonchev–Trinajstić information content (AvgIpc) is 2.78. The Kier molecular flexibility index (Phi) is 5.67. The van der Waals surface area contributed by atoms with Crippen molar-refractivity contribution in [3.63, 3.8) is 0 Å². The number of rotatable bonds is 7. The highest BCUT2D eigenvalue weighted by molar-refractivity contribution is 5.84. The molecule has 0 bridgehead atoms. The van der Waals surface area contributed by atoms with Crippen molar-refractivity contribution in [1.82, 2.24) is 10.3 Å². The van der Waals surface area contributed by atoms with E-state index in [1.165, 1.54) is 0 Å². The monoisotopic (exact) mass is 384 g/mol. The first-order valence-electron chi connectivity index (χ1n) is 9.32. The molecule has 0 aliphatic rings. The average molecular weight is 384 g/mol. The number of hydrogen-bond acceptors (Lipinski definition) is 4. The van der Waals surface area contributed by atoms with Crippen molar-refractivity contribution in [3.8, 4) is 17.4 Å². The minimum absolute atomic E-state index is 0.0407. The van der Waals surface area contributed by atoms with Crippen LogP contribution in [0.4, 0.5) is 0 Å². The zero-order valence-electron chi connectivity index (χ0n) is 15.7. The second kappa shape index (κ2) is 8.89. The Morgan fingerprint density at radius 1 is 0.828 bits per heavy atom. The van der Waals surface area contributed by atoms with Crippen LogP contribution in [0.5, 0.6) is 17.4 Å². The van der Waals surface area contributed by atoms with Gasteiger partial charge in [-0.05, 0) is 40.6 Å². The maximum absolute atomic E-state index is 12.1. The molecular formula is C24H20N2O3. The van der Waals surface area contributed by atoms with Gasteiger partial charge < -0.3 is 14.8 Å². The summed E-state index contributed by atoms with van der Waals surface area (Å²) >= 11 is 0. The molecule has 1 amide bonds. The van der Waals surface area contributed by atoms with Crippen molar-refractivity contribution in [2.75, 3.05) is 6.61 Å². The third-order valence-corrected chi connectivity index (χ3v) is 4.34.